The number of aromatic nitrogens is 1. The third-order valence-corrected chi connectivity index (χ3v) is 1.76. The van der Waals surface area contributed by atoms with Crippen LogP contribution < -0.4 is 10.1 Å². The lowest BCUT2D eigenvalue weighted by Gasteiger charge is -2.02. The Hall–Kier alpha value is -1.84. The number of hydrogen-bond donors (Lipinski definition) is 1. The zero-order valence-electron chi connectivity index (χ0n) is 8.86. The van der Waals surface area contributed by atoms with Crippen molar-refractivity contribution >= 4 is 12.0 Å². The van der Waals surface area contributed by atoms with E-state index in [2.05, 4.69) is 10.3 Å². The molecule has 0 bridgehead atoms. The fourth-order valence-corrected chi connectivity index (χ4v) is 1.07. The van der Waals surface area contributed by atoms with Crippen LogP contribution >= 0.6 is 0 Å². The lowest BCUT2D eigenvalue weighted by Crippen LogP contribution is -2.19. The van der Waals surface area contributed by atoms with Crippen molar-refractivity contribution in [3.8, 4) is 5.75 Å². The van der Waals surface area contributed by atoms with E-state index in [9.17, 15) is 4.79 Å². The smallest absolute Gasteiger partial charge is 0.217 e. The van der Waals surface area contributed by atoms with Gasteiger partial charge < -0.3 is 10.1 Å². The van der Waals surface area contributed by atoms with Crippen molar-refractivity contribution in [1.82, 2.24) is 10.3 Å². The molecule has 0 unspecified atom stereocenters. The Morgan fingerprint density at radius 1 is 1.67 bits per heavy atom. The predicted molar refractivity (Wildman–Crippen MR) is 58.5 cm³/mol. The van der Waals surface area contributed by atoms with Gasteiger partial charge in [0.1, 0.15) is 11.4 Å². The standard InChI is InChI=1S/C11H14N2O2/c1-9(14)12-7-3-5-10-11(15-2)6-4-8-13-10/h3-6,8H,7H2,1-2H3,(H,12,14). The molecule has 0 aliphatic carbocycles. The van der Waals surface area contributed by atoms with Gasteiger partial charge in [0.2, 0.25) is 5.91 Å². The van der Waals surface area contributed by atoms with E-state index in [1.54, 1.807) is 13.3 Å². The highest BCUT2D eigenvalue weighted by Crippen LogP contribution is 2.15. The second-order valence-corrected chi connectivity index (χ2v) is 2.93. The van der Waals surface area contributed by atoms with E-state index in [4.69, 9.17) is 4.74 Å². The fourth-order valence-electron chi connectivity index (χ4n) is 1.07. The number of carbonyl (C=O) groups is 1. The first kappa shape index (κ1) is 11.2. The quantitative estimate of drug-likeness (QED) is 0.806. The van der Waals surface area contributed by atoms with Gasteiger partial charge in [0.05, 0.1) is 7.11 Å². The molecule has 0 aliphatic heterocycles. The Morgan fingerprint density at radius 3 is 3.13 bits per heavy atom. The Balaban J connectivity index is 2.59. The van der Waals surface area contributed by atoms with Crippen LogP contribution in [0.5, 0.6) is 5.75 Å². The molecule has 0 spiro atoms. The molecular formula is C11H14N2O2. The summed E-state index contributed by atoms with van der Waals surface area (Å²) in [6, 6.07) is 3.65. The molecule has 4 nitrogen and oxygen atoms in total. The van der Waals surface area contributed by atoms with Gasteiger partial charge in [0, 0.05) is 19.7 Å². The molecule has 1 heterocycles. The first-order valence-corrected chi connectivity index (χ1v) is 4.64. The average molecular weight is 206 g/mol. The van der Waals surface area contributed by atoms with Gasteiger partial charge in [0.25, 0.3) is 0 Å². The zero-order valence-corrected chi connectivity index (χ0v) is 8.86. The molecular weight excluding hydrogens is 192 g/mol. The molecule has 0 atom stereocenters. The summed E-state index contributed by atoms with van der Waals surface area (Å²) in [5.41, 5.74) is 0.755. The minimum absolute atomic E-state index is 0.0485. The molecule has 4 heteroatoms. The van der Waals surface area contributed by atoms with Crippen molar-refractivity contribution in [3.63, 3.8) is 0 Å². The third kappa shape index (κ3) is 3.81. The highest BCUT2D eigenvalue weighted by molar-refractivity contribution is 5.73. The van der Waals surface area contributed by atoms with Crippen LogP contribution in [0.2, 0.25) is 0 Å². The highest BCUT2D eigenvalue weighted by atomic mass is 16.5. The summed E-state index contributed by atoms with van der Waals surface area (Å²) >= 11 is 0. The van der Waals surface area contributed by atoms with Crippen LogP contribution in [0.1, 0.15) is 12.6 Å². The summed E-state index contributed by atoms with van der Waals surface area (Å²) < 4.78 is 5.12. The van der Waals surface area contributed by atoms with Crippen LogP contribution in [0.25, 0.3) is 6.08 Å². The number of pyridine rings is 1. The van der Waals surface area contributed by atoms with Crippen molar-refractivity contribution < 1.29 is 9.53 Å². The average Bonchev–Trinajstić information content (AvgIpc) is 2.24. The van der Waals surface area contributed by atoms with Crippen LogP contribution in [0.15, 0.2) is 24.4 Å². The lowest BCUT2D eigenvalue weighted by atomic mass is 10.3. The summed E-state index contributed by atoms with van der Waals surface area (Å²) in [5.74, 6) is 0.671. The Kier molecular flexibility index (Phi) is 4.34. The van der Waals surface area contributed by atoms with Crippen molar-refractivity contribution in [3.05, 3.63) is 30.1 Å². The van der Waals surface area contributed by atoms with Crippen LogP contribution in [-0.4, -0.2) is 24.5 Å². The number of nitrogens with zero attached hydrogens (tertiary/aromatic N) is 1. The number of nitrogens with one attached hydrogen (secondary N) is 1. The van der Waals surface area contributed by atoms with E-state index in [-0.39, 0.29) is 5.91 Å². The molecule has 0 saturated heterocycles. The van der Waals surface area contributed by atoms with Gasteiger partial charge in [-0.3, -0.25) is 9.78 Å². The molecule has 1 aromatic rings. The molecule has 1 N–H and O–H groups in total. The van der Waals surface area contributed by atoms with Gasteiger partial charge >= 0.3 is 0 Å². The van der Waals surface area contributed by atoms with E-state index in [1.807, 2.05) is 24.3 Å². The summed E-state index contributed by atoms with van der Waals surface area (Å²) in [5, 5.41) is 2.66. The summed E-state index contributed by atoms with van der Waals surface area (Å²) in [6.45, 7) is 1.98. The minimum Gasteiger partial charge on any atom is -0.494 e. The maximum atomic E-state index is 10.6. The van der Waals surface area contributed by atoms with Crippen molar-refractivity contribution in [1.29, 1.82) is 0 Å². The molecule has 1 rings (SSSR count). The molecule has 80 valence electrons. The normalized spacial score (nSPS) is 10.3. The van der Waals surface area contributed by atoms with E-state index >= 15 is 0 Å². The van der Waals surface area contributed by atoms with Gasteiger partial charge in [-0.25, -0.2) is 0 Å². The molecule has 15 heavy (non-hydrogen) atoms. The lowest BCUT2D eigenvalue weighted by molar-refractivity contribution is -0.118. The number of hydrogen-bond acceptors (Lipinski definition) is 3. The van der Waals surface area contributed by atoms with Gasteiger partial charge in [-0.15, -0.1) is 0 Å². The number of ether oxygens (including phenoxy) is 1. The topological polar surface area (TPSA) is 51.2 Å². The summed E-state index contributed by atoms with van der Waals surface area (Å²) in [7, 11) is 1.60. The molecule has 0 aliphatic rings. The Morgan fingerprint density at radius 2 is 2.47 bits per heavy atom. The summed E-state index contributed by atoms with van der Waals surface area (Å²) in [4.78, 5) is 14.7. The van der Waals surface area contributed by atoms with E-state index in [0.29, 0.717) is 6.54 Å². The van der Waals surface area contributed by atoms with Crippen molar-refractivity contribution in [2.24, 2.45) is 0 Å². The van der Waals surface area contributed by atoms with Gasteiger partial charge in [-0.1, -0.05) is 6.08 Å². The minimum atomic E-state index is -0.0485. The maximum Gasteiger partial charge on any atom is 0.217 e. The SMILES string of the molecule is COc1cccnc1C=CCNC(C)=O. The van der Waals surface area contributed by atoms with E-state index in [1.165, 1.54) is 6.92 Å². The van der Waals surface area contributed by atoms with Crippen molar-refractivity contribution in [2.75, 3.05) is 13.7 Å². The first-order chi connectivity index (χ1) is 7.24. The monoisotopic (exact) mass is 206 g/mol. The number of carbonyl (C=O) groups excluding carboxylic acids is 1. The third-order valence-electron chi connectivity index (χ3n) is 1.76. The van der Waals surface area contributed by atoms with Gasteiger partial charge in [0.15, 0.2) is 0 Å². The number of methoxy groups -OCH3 is 1. The van der Waals surface area contributed by atoms with Crippen LogP contribution in [0, 0.1) is 0 Å². The largest absolute Gasteiger partial charge is 0.494 e. The zero-order chi connectivity index (χ0) is 11.1. The second kappa shape index (κ2) is 5.80. The number of rotatable bonds is 4. The maximum absolute atomic E-state index is 10.6. The number of amides is 1. The van der Waals surface area contributed by atoms with E-state index < -0.39 is 0 Å². The summed E-state index contributed by atoms with van der Waals surface area (Å²) in [6.07, 6.45) is 5.33. The molecule has 1 amide bonds. The predicted octanol–water partition coefficient (Wildman–Crippen LogP) is 1.24. The van der Waals surface area contributed by atoms with Crippen LogP contribution in [0.4, 0.5) is 0 Å². The highest BCUT2D eigenvalue weighted by Gasteiger charge is 1.97. The van der Waals surface area contributed by atoms with E-state index in [0.717, 1.165) is 11.4 Å². The molecule has 0 fully saturated rings. The van der Waals surface area contributed by atoms with Gasteiger partial charge in [-0.2, -0.15) is 0 Å². The molecule has 0 aromatic carbocycles. The van der Waals surface area contributed by atoms with Gasteiger partial charge in [-0.05, 0) is 18.2 Å². The first-order valence-electron chi connectivity index (χ1n) is 4.64. The second-order valence-electron chi connectivity index (χ2n) is 2.93. The molecule has 1 aromatic heterocycles. The fraction of sp³-hybridized carbons (Fsp3) is 0.273. The van der Waals surface area contributed by atoms with Crippen LogP contribution in [-0.2, 0) is 4.79 Å². The Labute approximate surface area is 89.0 Å². The Bertz CT molecular complexity index is 361. The molecule has 0 radical (unpaired) electrons. The molecule has 0 saturated carbocycles. The van der Waals surface area contributed by atoms with Crippen LogP contribution in [0.3, 0.4) is 0 Å². The van der Waals surface area contributed by atoms with Crippen molar-refractivity contribution in [2.45, 2.75) is 6.92 Å².